The minimum absolute atomic E-state index is 0.366. The smallest absolute Gasteiger partial charge is 0.0650 e. The first-order valence-electron chi connectivity index (χ1n) is 5.60. The Morgan fingerprint density at radius 1 is 1.08 bits per heavy atom. The standard InChI is InChI=1S/C12H22O/c1-2-3-9-12(13)10-7-5-4-6-8-11-12/h2,13H,1,3-11H2. The molecule has 0 aromatic rings. The van der Waals surface area contributed by atoms with E-state index < -0.39 is 0 Å². The first-order valence-corrected chi connectivity index (χ1v) is 5.60. The highest BCUT2D eigenvalue weighted by molar-refractivity contribution is 4.83. The summed E-state index contributed by atoms with van der Waals surface area (Å²) in [5, 5.41) is 10.3. The van der Waals surface area contributed by atoms with Gasteiger partial charge in [-0.05, 0) is 25.7 Å². The van der Waals surface area contributed by atoms with Crippen LogP contribution in [0.1, 0.15) is 57.8 Å². The van der Waals surface area contributed by atoms with Crippen molar-refractivity contribution in [1.29, 1.82) is 0 Å². The summed E-state index contributed by atoms with van der Waals surface area (Å²) in [5.74, 6) is 0. The Morgan fingerprint density at radius 3 is 2.15 bits per heavy atom. The van der Waals surface area contributed by atoms with Crippen LogP contribution in [0.4, 0.5) is 0 Å². The van der Waals surface area contributed by atoms with Gasteiger partial charge in [0.15, 0.2) is 0 Å². The van der Waals surface area contributed by atoms with E-state index in [1.165, 1.54) is 32.1 Å². The molecule has 0 amide bonds. The number of hydrogen-bond donors (Lipinski definition) is 1. The molecule has 1 fully saturated rings. The molecule has 0 spiro atoms. The van der Waals surface area contributed by atoms with Crippen LogP contribution in [0.2, 0.25) is 0 Å². The van der Waals surface area contributed by atoms with Gasteiger partial charge in [-0.15, -0.1) is 6.58 Å². The third-order valence-corrected chi connectivity index (χ3v) is 3.10. The molecule has 76 valence electrons. The van der Waals surface area contributed by atoms with E-state index in [1.807, 2.05) is 6.08 Å². The van der Waals surface area contributed by atoms with Gasteiger partial charge in [-0.2, -0.15) is 0 Å². The van der Waals surface area contributed by atoms with Crippen LogP contribution in [-0.2, 0) is 0 Å². The number of rotatable bonds is 3. The second-order valence-electron chi connectivity index (χ2n) is 4.32. The maximum Gasteiger partial charge on any atom is 0.0650 e. The fourth-order valence-electron chi connectivity index (χ4n) is 2.18. The van der Waals surface area contributed by atoms with Gasteiger partial charge >= 0.3 is 0 Å². The maximum absolute atomic E-state index is 10.3. The zero-order valence-corrected chi connectivity index (χ0v) is 8.60. The van der Waals surface area contributed by atoms with E-state index in [2.05, 4.69) is 6.58 Å². The molecule has 0 saturated heterocycles. The molecule has 0 aromatic heterocycles. The van der Waals surface area contributed by atoms with Crippen molar-refractivity contribution in [2.75, 3.05) is 0 Å². The molecule has 1 aliphatic carbocycles. The summed E-state index contributed by atoms with van der Waals surface area (Å²) in [6.45, 7) is 3.71. The molecule has 0 radical (unpaired) electrons. The average molecular weight is 182 g/mol. The van der Waals surface area contributed by atoms with Crippen LogP contribution >= 0.6 is 0 Å². The molecule has 1 N–H and O–H groups in total. The van der Waals surface area contributed by atoms with Gasteiger partial charge in [0, 0.05) is 0 Å². The van der Waals surface area contributed by atoms with Crippen molar-refractivity contribution >= 4 is 0 Å². The predicted molar refractivity (Wildman–Crippen MR) is 56.7 cm³/mol. The Bertz CT molecular complexity index is 143. The van der Waals surface area contributed by atoms with E-state index in [0.717, 1.165) is 25.7 Å². The van der Waals surface area contributed by atoms with Crippen molar-refractivity contribution < 1.29 is 5.11 Å². The maximum atomic E-state index is 10.3. The molecule has 1 saturated carbocycles. The van der Waals surface area contributed by atoms with Crippen molar-refractivity contribution in [3.63, 3.8) is 0 Å². The van der Waals surface area contributed by atoms with Crippen molar-refractivity contribution in [3.05, 3.63) is 12.7 Å². The Morgan fingerprint density at radius 2 is 1.62 bits per heavy atom. The van der Waals surface area contributed by atoms with E-state index in [4.69, 9.17) is 0 Å². The molecule has 1 nitrogen and oxygen atoms in total. The van der Waals surface area contributed by atoms with E-state index in [0.29, 0.717) is 0 Å². The van der Waals surface area contributed by atoms with Gasteiger partial charge in [0.25, 0.3) is 0 Å². The lowest BCUT2D eigenvalue weighted by atomic mass is 9.84. The average Bonchev–Trinajstić information content (AvgIpc) is 2.09. The zero-order valence-electron chi connectivity index (χ0n) is 8.60. The largest absolute Gasteiger partial charge is 0.390 e. The molecule has 1 aliphatic rings. The van der Waals surface area contributed by atoms with Gasteiger partial charge in [0.1, 0.15) is 0 Å². The van der Waals surface area contributed by atoms with E-state index >= 15 is 0 Å². The molecule has 0 heterocycles. The third-order valence-electron chi connectivity index (χ3n) is 3.10. The Hall–Kier alpha value is -0.300. The van der Waals surface area contributed by atoms with Gasteiger partial charge in [0.2, 0.25) is 0 Å². The first-order chi connectivity index (χ1) is 6.27. The SMILES string of the molecule is C=CCCC1(O)CCCCCCC1. The van der Waals surface area contributed by atoms with Crippen LogP contribution in [0, 0.1) is 0 Å². The van der Waals surface area contributed by atoms with Gasteiger partial charge < -0.3 is 5.11 Å². The van der Waals surface area contributed by atoms with Gasteiger partial charge in [-0.1, -0.05) is 38.2 Å². The van der Waals surface area contributed by atoms with Gasteiger partial charge in [-0.3, -0.25) is 0 Å². The summed E-state index contributed by atoms with van der Waals surface area (Å²) in [5.41, 5.74) is -0.366. The van der Waals surface area contributed by atoms with E-state index in [9.17, 15) is 5.11 Å². The van der Waals surface area contributed by atoms with Crippen LogP contribution in [0.25, 0.3) is 0 Å². The normalized spacial score (nSPS) is 23.2. The summed E-state index contributed by atoms with van der Waals surface area (Å²) in [7, 11) is 0. The Labute approximate surface area is 81.9 Å². The van der Waals surface area contributed by atoms with Crippen LogP contribution in [0.15, 0.2) is 12.7 Å². The Kier molecular flexibility index (Phi) is 4.51. The molecule has 1 rings (SSSR count). The minimum Gasteiger partial charge on any atom is -0.390 e. The van der Waals surface area contributed by atoms with Gasteiger partial charge in [-0.25, -0.2) is 0 Å². The second-order valence-corrected chi connectivity index (χ2v) is 4.32. The highest BCUT2D eigenvalue weighted by Gasteiger charge is 2.25. The fraction of sp³-hybridized carbons (Fsp3) is 0.833. The predicted octanol–water partition coefficient (Wildman–Crippen LogP) is 3.43. The van der Waals surface area contributed by atoms with Crippen LogP contribution in [0.3, 0.4) is 0 Å². The Balaban J connectivity index is 2.36. The zero-order chi connectivity index (χ0) is 9.57. The monoisotopic (exact) mass is 182 g/mol. The number of allylic oxidation sites excluding steroid dienone is 1. The molecule has 0 atom stereocenters. The minimum atomic E-state index is -0.366. The second kappa shape index (κ2) is 5.43. The summed E-state index contributed by atoms with van der Waals surface area (Å²) >= 11 is 0. The summed E-state index contributed by atoms with van der Waals surface area (Å²) in [4.78, 5) is 0. The first kappa shape index (κ1) is 10.8. The van der Waals surface area contributed by atoms with Crippen molar-refractivity contribution in [3.8, 4) is 0 Å². The van der Waals surface area contributed by atoms with Crippen molar-refractivity contribution in [2.24, 2.45) is 0 Å². The van der Waals surface area contributed by atoms with Crippen molar-refractivity contribution in [2.45, 2.75) is 63.4 Å². The summed E-state index contributed by atoms with van der Waals surface area (Å²) in [6.07, 6.45) is 12.1. The topological polar surface area (TPSA) is 20.2 Å². The highest BCUT2D eigenvalue weighted by Crippen LogP contribution is 2.29. The molecular weight excluding hydrogens is 160 g/mol. The third kappa shape index (κ3) is 3.95. The van der Waals surface area contributed by atoms with E-state index in [-0.39, 0.29) is 5.60 Å². The molecule has 0 aliphatic heterocycles. The lowest BCUT2D eigenvalue weighted by Gasteiger charge is -2.29. The lowest BCUT2D eigenvalue weighted by Crippen LogP contribution is -2.29. The van der Waals surface area contributed by atoms with Crippen LogP contribution in [-0.4, -0.2) is 10.7 Å². The molecule has 1 heteroatoms. The van der Waals surface area contributed by atoms with E-state index in [1.54, 1.807) is 0 Å². The summed E-state index contributed by atoms with van der Waals surface area (Å²) in [6, 6.07) is 0. The number of aliphatic hydroxyl groups is 1. The molecular formula is C12H22O. The molecule has 0 aromatic carbocycles. The van der Waals surface area contributed by atoms with Crippen molar-refractivity contribution in [1.82, 2.24) is 0 Å². The number of hydrogen-bond acceptors (Lipinski definition) is 1. The molecule has 0 bridgehead atoms. The van der Waals surface area contributed by atoms with Crippen LogP contribution < -0.4 is 0 Å². The fourth-order valence-corrected chi connectivity index (χ4v) is 2.18. The highest BCUT2D eigenvalue weighted by atomic mass is 16.3. The van der Waals surface area contributed by atoms with Crippen LogP contribution in [0.5, 0.6) is 0 Å². The molecule has 13 heavy (non-hydrogen) atoms. The summed E-state index contributed by atoms with van der Waals surface area (Å²) < 4.78 is 0. The quantitative estimate of drug-likeness (QED) is 0.663. The van der Waals surface area contributed by atoms with Gasteiger partial charge in [0.05, 0.1) is 5.60 Å². The lowest BCUT2D eigenvalue weighted by molar-refractivity contribution is 0.00691. The molecule has 0 unspecified atom stereocenters.